The Morgan fingerprint density at radius 2 is 1.93 bits per heavy atom. The van der Waals surface area contributed by atoms with E-state index in [4.69, 9.17) is 0 Å². The van der Waals surface area contributed by atoms with Gasteiger partial charge >= 0.3 is 6.03 Å². The van der Waals surface area contributed by atoms with Crippen molar-refractivity contribution >= 4 is 6.03 Å². The normalized spacial score (nSPS) is 51.6. The van der Waals surface area contributed by atoms with Gasteiger partial charge in [-0.05, 0) is 49.4 Å². The fourth-order valence-electron chi connectivity index (χ4n) is 4.63. The summed E-state index contributed by atoms with van der Waals surface area (Å²) in [5, 5.41) is 2.98. The molecule has 4 unspecified atom stereocenters. The van der Waals surface area contributed by atoms with Crippen molar-refractivity contribution in [3.05, 3.63) is 0 Å². The van der Waals surface area contributed by atoms with Crippen molar-refractivity contribution in [3.8, 4) is 0 Å². The second kappa shape index (κ2) is 2.69. The van der Waals surface area contributed by atoms with Crippen molar-refractivity contribution < 1.29 is 4.79 Å². The SMILES string of the molecule is O=C1NCCCN1C1C2C3CCC(C3)C21. The monoisotopic (exact) mass is 206 g/mol. The number of fused-ring (bicyclic) bond motifs is 5. The van der Waals surface area contributed by atoms with E-state index in [0.717, 1.165) is 43.2 Å². The van der Waals surface area contributed by atoms with Crippen molar-refractivity contribution in [1.29, 1.82) is 0 Å². The molecule has 3 saturated carbocycles. The Morgan fingerprint density at radius 3 is 2.60 bits per heavy atom. The van der Waals surface area contributed by atoms with E-state index in [9.17, 15) is 4.79 Å². The highest BCUT2D eigenvalue weighted by Gasteiger charge is 2.67. The maximum absolute atomic E-state index is 11.8. The van der Waals surface area contributed by atoms with Gasteiger partial charge in [0.1, 0.15) is 0 Å². The molecule has 3 heteroatoms. The zero-order valence-electron chi connectivity index (χ0n) is 8.98. The fourth-order valence-corrected chi connectivity index (χ4v) is 4.63. The van der Waals surface area contributed by atoms with Gasteiger partial charge in [-0.3, -0.25) is 0 Å². The molecule has 15 heavy (non-hydrogen) atoms. The third kappa shape index (κ3) is 0.990. The van der Waals surface area contributed by atoms with Crippen molar-refractivity contribution in [3.63, 3.8) is 0 Å². The number of hydrogen-bond donors (Lipinski definition) is 1. The highest BCUT2D eigenvalue weighted by Crippen LogP contribution is 2.67. The Hall–Kier alpha value is -0.730. The zero-order chi connectivity index (χ0) is 9.99. The molecule has 4 aliphatic rings. The minimum absolute atomic E-state index is 0.208. The number of urea groups is 1. The minimum atomic E-state index is 0.208. The lowest BCUT2D eigenvalue weighted by atomic mass is 10.0. The summed E-state index contributed by atoms with van der Waals surface area (Å²) in [5.74, 6) is 3.74. The standard InChI is InChI=1S/C12H18N2O/c15-12-13-4-1-5-14(12)11-9-7-2-3-8(6-7)10(9)11/h7-11H,1-6H2,(H,13,15). The highest BCUT2D eigenvalue weighted by atomic mass is 16.2. The molecule has 0 spiro atoms. The molecule has 0 aromatic rings. The zero-order valence-corrected chi connectivity index (χ0v) is 8.98. The van der Waals surface area contributed by atoms with Gasteiger partial charge in [-0.2, -0.15) is 0 Å². The summed E-state index contributed by atoms with van der Waals surface area (Å²) in [7, 11) is 0. The average molecular weight is 206 g/mol. The molecule has 0 aromatic heterocycles. The number of carbonyl (C=O) groups excluding carboxylic acids is 1. The summed E-state index contributed by atoms with van der Waals surface area (Å²) < 4.78 is 0. The highest BCUT2D eigenvalue weighted by molar-refractivity contribution is 5.75. The number of amides is 2. The lowest BCUT2D eigenvalue weighted by Crippen LogP contribution is -2.48. The predicted octanol–water partition coefficient (Wildman–Crippen LogP) is 1.45. The molecular formula is C12H18N2O. The Morgan fingerprint density at radius 1 is 1.20 bits per heavy atom. The van der Waals surface area contributed by atoms with Gasteiger partial charge < -0.3 is 10.2 Å². The van der Waals surface area contributed by atoms with Crippen molar-refractivity contribution in [2.24, 2.45) is 23.7 Å². The van der Waals surface area contributed by atoms with Crippen LogP contribution in [-0.2, 0) is 0 Å². The molecule has 1 aliphatic heterocycles. The van der Waals surface area contributed by atoms with Gasteiger partial charge in [0.2, 0.25) is 0 Å². The van der Waals surface area contributed by atoms with Crippen LogP contribution < -0.4 is 5.32 Å². The largest absolute Gasteiger partial charge is 0.338 e. The molecule has 4 fully saturated rings. The van der Waals surface area contributed by atoms with Crippen LogP contribution in [0.25, 0.3) is 0 Å². The maximum Gasteiger partial charge on any atom is 0.317 e. The van der Waals surface area contributed by atoms with E-state index in [1.807, 2.05) is 0 Å². The third-order valence-electron chi connectivity index (χ3n) is 5.17. The van der Waals surface area contributed by atoms with Crippen LogP contribution in [0.15, 0.2) is 0 Å². The van der Waals surface area contributed by atoms with Gasteiger partial charge in [0.25, 0.3) is 0 Å². The van der Waals surface area contributed by atoms with E-state index >= 15 is 0 Å². The van der Waals surface area contributed by atoms with Crippen LogP contribution in [0.2, 0.25) is 0 Å². The van der Waals surface area contributed by atoms with E-state index in [1.54, 1.807) is 0 Å². The first-order chi connectivity index (χ1) is 7.36. The van der Waals surface area contributed by atoms with Gasteiger partial charge in [-0.25, -0.2) is 4.79 Å². The van der Waals surface area contributed by atoms with Gasteiger partial charge in [0.15, 0.2) is 0 Å². The first kappa shape index (κ1) is 8.43. The second-order valence-corrected chi connectivity index (χ2v) is 5.76. The molecule has 3 nitrogen and oxygen atoms in total. The van der Waals surface area contributed by atoms with E-state index in [0.29, 0.717) is 6.04 Å². The summed E-state index contributed by atoms with van der Waals surface area (Å²) in [4.78, 5) is 13.9. The lowest BCUT2D eigenvalue weighted by Gasteiger charge is -2.29. The van der Waals surface area contributed by atoms with E-state index in [2.05, 4.69) is 10.2 Å². The molecule has 2 bridgehead atoms. The van der Waals surface area contributed by atoms with Crippen molar-refractivity contribution in [2.45, 2.75) is 31.7 Å². The number of carbonyl (C=O) groups is 1. The molecule has 0 aromatic carbocycles. The van der Waals surface area contributed by atoms with Crippen LogP contribution in [0, 0.1) is 23.7 Å². The third-order valence-corrected chi connectivity index (χ3v) is 5.17. The Kier molecular flexibility index (Phi) is 1.51. The van der Waals surface area contributed by atoms with Crippen LogP contribution in [0.5, 0.6) is 0 Å². The molecule has 82 valence electrons. The van der Waals surface area contributed by atoms with E-state index < -0.39 is 0 Å². The minimum Gasteiger partial charge on any atom is -0.338 e. The topological polar surface area (TPSA) is 32.3 Å². The van der Waals surface area contributed by atoms with Crippen LogP contribution in [0.3, 0.4) is 0 Å². The fraction of sp³-hybridized carbons (Fsp3) is 0.917. The molecule has 4 rings (SSSR count). The molecular weight excluding hydrogens is 188 g/mol. The summed E-state index contributed by atoms with van der Waals surface area (Å²) in [6.45, 7) is 1.88. The number of rotatable bonds is 1. The molecule has 2 amide bonds. The molecule has 4 atom stereocenters. The average Bonchev–Trinajstić information content (AvgIpc) is 2.67. The van der Waals surface area contributed by atoms with Gasteiger partial charge in [-0.15, -0.1) is 0 Å². The smallest absolute Gasteiger partial charge is 0.317 e. The predicted molar refractivity (Wildman–Crippen MR) is 56.3 cm³/mol. The summed E-state index contributed by atoms with van der Waals surface area (Å²) >= 11 is 0. The molecule has 3 aliphatic carbocycles. The van der Waals surface area contributed by atoms with Crippen molar-refractivity contribution in [1.82, 2.24) is 10.2 Å². The van der Waals surface area contributed by atoms with Crippen LogP contribution in [0.4, 0.5) is 4.79 Å². The summed E-state index contributed by atoms with van der Waals surface area (Å²) in [5.41, 5.74) is 0. The summed E-state index contributed by atoms with van der Waals surface area (Å²) in [6.07, 6.45) is 5.49. The quantitative estimate of drug-likeness (QED) is 0.692. The van der Waals surface area contributed by atoms with Crippen LogP contribution >= 0.6 is 0 Å². The van der Waals surface area contributed by atoms with Gasteiger partial charge in [-0.1, -0.05) is 0 Å². The maximum atomic E-state index is 11.8. The number of nitrogens with zero attached hydrogens (tertiary/aromatic N) is 1. The summed E-state index contributed by atoms with van der Waals surface area (Å²) in [6, 6.07) is 0.844. The van der Waals surface area contributed by atoms with E-state index in [-0.39, 0.29) is 6.03 Å². The Labute approximate surface area is 90.2 Å². The Bertz CT molecular complexity index is 301. The first-order valence-electron chi connectivity index (χ1n) is 6.41. The van der Waals surface area contributed by atoms with E-state index in [1.165, 1.54) is 19.3 Å². The molecule has 1 saturated heterocycles. The first-order valence-corrected chi connectivity index (χ1v) is 6.41. The lowest BCUT2D eigenvalue weighted by molar-refractivity contribution is 0.171. The second-order valence-electron chi connectivity index (χ2n) is 5.76. The van der Waals surface area contributed by atoms with Crippen molar-refractivity contribution in [2.75, 3.05) is 13.1 Å². The number of nitrogens with one attached hydrogen (secondary N) is 1. The van der Waals surface area contributed by atoms with Gasteiger partial charge in [0, 0.05) is 19.1 Å². The Balaban J connectivity index is 1.54. The van der Waals surface area contributed by atoms with Crippen LogP contribution in [-0.4, -0.2) is 30.1 Å². The number of hydrogen-bond acceptors (Lipinski definition) is 1. The molecule has 0 radical (unpaired) electrons. The molecule has 1 N–H and O–H groups in total. The van der Waals surface area contributed by atoms with Crippen LogP contribution in [0.1, 0.15) is 25.7 Å². The molecule has 1 heterocycles. The van der Waals surface area contributed by atoms with Gasteiger partial charge in [0.05, 0.1) is 0 Å².